The summed E-state index contributed by atoms with van der Waals surface area (Å²) in [5.41, 5.74) is -0.523. The minimum atomic E-state index is -1.04. The second kappa shape index (κ2) is 7.58. The van der Waals surface area contributed by atoms with Gasteiger partial charge in [0.2, 0.25) is 11.2 Å². The maximum absolute atomic E-state index is 12.9. The molecular weight excluding hydrogens is 394 g/mol. The summed E-state index contributed by atoms with van der Waals surface area (Å²) in [7, 11) is 1.21. The van der Waals surface area contributed by atoms with Crippen molar-refractivity contribution < 1.29 is 28.5 Å². The van der Waals surface area contributed by atoms with Crippen LogP contribution in [0.15, 0.2) is 38.3 Å². The lowest BCUT2D eigenvalue weighted by molar-refractivity contribution is -0.140. The number of aryl methyl sites for hydroxylation is 1. The lowest BCUT2D eigenvalue weighted by Gasteiger charge is -2.20. The van der Waals surface area contributed by atoms with Crippen LogP contribution in [-0.2, 0) is 9.53 Å². The van der Waals surface area contributed by atoms with Crippen molar-refractivity contribution in [3.63, 3.8) is 0 Å². The van der Waals surface area contributed by atoms with Gasteiger partial charge >= 0.3 is 5.97 Å². The van der Waals surface area contributed by atoms with Gasteiger partial charge in [-0.2, -0.15) is 0 Å². The Morgan fingerprint density at radius 3 is 2.57 bits per heavy atom. The molecule has 1 aliphatic heterocycles. The summed E-state index contributed by atoms with van der Waals surface area (Å²) in [6.07, 6.45) is -0.310. The Bertz CT molecular complexity index is 1260. The second-order valence-corrected chi connectivity index (χ2v) is 6.90. The second-order valence-electron chi connectivity index (χ2n) is 6.90. The fourth-order valence-corrected chi connectivity index (χ4v) is 3.47. The Balaban J connectivity index is 1.92. The molecular formula is C21H19NO8. The third kappa shape index (κ3) is 3.49. The zero-order valence-corrected chi connectivity index (χ0v) is 16.3. The van der Waals surface area contributed by atoms with E-state index in [0.717, 1.165) is 6.07 Å². The molecule has 9 nitrogen and oxygen atoms in total. The molecule has 4 rings (SSSR count). The van der Waals surface area contributed by atoms with Crippen LogP contribution in [0.3, 0.4) is 0 Å². The van der Waals surface area contributed by atoms with Gasteiger partial charge < -0.3 is 28.7 Å². The van der Waals surface area contributed by atoms with Crippen LogP contribution in [-0.4, -0.2) is 36.4 Å². The van der Waals surface area contributed by atoms with E-state index < -0.39 is 28.6 Å². The number of aromatic hydroxyl groups is 1. The molecule has 0 saturated carbocycles. The molecule has 2 N–H and O–H groups in total. The van der Waals surface area contributed by atoms with E-state index in [4.69, 9.17) is 18.6 Å². The number of methoxy groups -OCH3 is 1. The molecule has 2 aromatic heterocycles. The minimum Gasteiger partial charge on any atom is -0.502 e. The number of pyridine rings is 1. The number of hydrogen-bond acceptors (Lipinski definition) is 8. The van der Waals surface area contributed by atoms with E-state index >= 15 is 0 Å². The summed E-state index contributed by atoms with van der Waals surface area (Å²) < 4.78 is 21.4. The quantitative estimate of drug-likeness (QED) is 0.621. The molecule has 0 radical (unpaired) electrons. The standard InChI is InChI=1S/C21H19NO8/c1-10-5-15(23)19(25)20(30-10)12(8-18(24)27-2)13-6-11-7-16-17(29-4-3-28-16)9-14(11)22-21(13)26/h5-7,9,12,25H,3-4,8H2,1-2H3,(H,22,26)/t12-/m1/s1. The Hall–Kier alpha value is -3.75. The average Bonchev–Trinajstić information content (AvgIpc) is 2.73. The van der Waals surface area contributed by atoms with Crippen molar-refractivity contribution in [2.45, 2.75) is 19.3 Å². The Kier molecular flexibility index (Phi) is 4.94. The Morgan fingerprint density at radius 1 is 1.17 bits per heavy atom. The van der Waals surface area contributed by atoms with Crippen LogP contribution in [0, 0.1) is 6.92 Å². The number of carbonyl (C=O) groups is 1. The first-order valence-electron chi connectivity index (χ1n) is 9.24. The van der Waals surface area contributed by atoms with Crippen molar-refractivity contribution in [1.82, 2.24) is 4.98 Å². The Labute approximate surface area is 169 Å². The molecule has 1 aromatic carbocycles. The molecule has 9 heteroatoms. The summed E-state index contributed by atoms with van der Waals surface area (Å²) in [5.74, 6) is -1.22. The van der Waals surface area contributed by atoms with Crippen LogP contribution in [0.1, 0.15) is 29.4 Å². The van der Waals surface area contributed by atoms with Gasteiger partial charge in [0.25, 0.3) is 5.56 Å². The van der Waals surface area contributed by atoms with Gasteiger partial charge in [0.05, 0.1) is 25.0 Å². The van der Waals surface area contributed by atoms with E-state index in [-0.39, 0.29) is 23.5 Å². The van der Waals surface area contributed by atoms with Gasteiger partial charge in [0.15, 0.2) is 17.3 Å². The van der Waals surface area contributed by atoms with Gasteiger partial charge in [0.1, 0.15) is 19.0 Å². The highest BCUT2D eigenvalue weighted by Crippen LogP contribution is 2.36. The molecule has 0 fully saturated rings. The average molecular weight is 413 g/mol. The molecule has 0 amide bonds. The zero-order valence-electron chi connectivity index (χ0n) is 16.3. The van der Waals surface area contributed by atoms with Gasteiger partial charge in [-0.15, -0.1) is 0 Å². The first-order chi connectivity index (χ1) is 14.4. The van der Waals surface area contributed by atoms with E-state index in [1.807, 2.05) is 0 Å². The fraction of sp³-hybridized carbons (Fsp3) is 0.286. The van der Waals surface area contributed by atoms with Gasteiger partial charge in [0, 0.05) is 23.1 Å². The molecule has 0 aliphatic carbocycles. The first kappa shape index (κ1) is 19.6. The summed E-state index contributed by atoms with van der Waals surface area (Å²) in [4.78, 5) is 39.8. The fourth-order valence-electron chi connectivity index (χ4n) is 3.47. The molecule has 156 valence electrons. The van der Waals surface area contributed by atoms with Crippen LogP contribution >= 0.6 is 0 Å². The molecule has 0 spiro atoms. The summed E-state index contributed by atoms with van der Waals surface area (Å²) >= 11 is 0. The minimum absolute atomic E-state index is 0.133. The van der Waals surface area contributed by atoms with Crippen molar-refractivity contribution in [2.24, 2.45) is 0 Å². The van der Waals surface area contributed by atoms with Crippen molar-refractivity contribution in [3.05, 3.63) is 61.9 Å². The van der Waals surface area contributed by atoms with Gasteiger partial charge in [-0.05, 0) is 19.1 Å². The number of H-pyrrole nitrogens is 1. The number of nitrogens with one attached hydrogen (secondary N) is 1. The number of fused-ring (bicyclic) bond motifs is 2. The van der Waals surface area contributed by atoms with E-state index in [1.165, 1.54) is 14.0 Å². The topological polar surface area (TPSA) is 128 Å². The first-order valence-corrected chi connectivity index (χ1v) is 9.24. The van der Waals surface area contributed by atoms with Crippen molar-refractivity contribution >= 4 is 16.9 Å². The highest BCUT2D eigenvalue weighted by molar-refractivity contribution is 5.83. The molecule has 1 atom stereocenters. The van der Waals surface area contributed by atoms with Crippen LogP contribution in [0.2, 0.25) is 0 Å². The number of ether oxygens (including phenoxy) is 3. The van der Waals surface area contributed by atoms with Crippen LogP contribution in [0.5, 0.6) is 17.2 Å². The molecule has 0 saturated heterocycles. The highest BCUT2D eigenvalue weighted by atomic mass is 16.6. The third-order valence-corrected chi connectivity index (χ3v) is 4.90. The predicted octanol–water partition coefficient (Wildman–Crippen LogP) is 1.96. The van der Waals surface area contributed by atoms with Crippen LogP contribution in [0.4, 0.5) is 0 Å². The van der Waals surface area contributed by atoms with Gasteiger partial charge in [-0.1, -0.05) is 0 Å². The molecule has 1 aliphatic rings. The summed E-state index contributed by atoms with van der Waals surface area (Å²) in [6, 6.07) is 6.07. The van der Waals surface area contributed by atoms with Crippen LogP contribution < -0.4 is 20.5 Å². The predicted molar refractivity (Wildman–Crippen MR) is 105 cm³/mol. The summed E-state index contributed by atoms with van der Waals surface area (Å²) in [5, 5.41) is 10.9. The molecule has 3 heterocycles. The van der Waals surface area contributed by atoms with Crippen molar-refractivity contribution in [1.29, 1.82) is 0 Å². The van der Waals surface area contributed by atoms with Crippen LogP contribution in [0.25, 0.3) is 10.9 Å². The van der Waals surface area contributed by atoms with Gasteiger partial charge in [-0.25, -0.2) is 0 Å². The molecule has 0 unspecified atom stereocenters. The monoisotopic (exact) mass is 413 g/mol. The SMILES string of the molecule is COC(=O)C[C@@H](c1oc(C)cc(=O)c1O)c1cc2cc3c(cc2[nH]c1=O)OCCO3. The maximum atomic E-state index is 12.9. The normalized spacial score (nSPS) is 13.8. The molecule has 0 bridgehead atoms. The molecule has 30 heavy (non-hydrogen) atoms. The number of esters is 1. The smallest absolute Gasteiger partial charge is 0.306 e. The number of hydrogen-bond donors (Lipinski definition) is 2. The number of benzene rings is 1. The van der Waals surface area contributed by atoms with Crippen molar-refractivity contribution in [3.8, 4) is 17.2 Å². The van der Waals surface area contributed by atoms with E-state index in [1.54, 1.807) is 18.2 Å². The van der Waals surface area contributed by atoms with Gasteiger partial charge in [-0.3, -0.25) is 14.4 Å². The maximum Gasteiger partial charge on any atom is 0.306 e. The number of aromatic nitrogens is 1. The van der Waals surface area contributed by atoms with E-state index in [2.05, 4.69) is 4.98 Å². The molecule has 3 aromatic rings. The summed E-state index contributed by atoms with van der Waals surface area (Å²) in [6.45, 7) is 2.35. The number of carbonyl (C=O) groups excluding carboxylic acids is 1. The lowest BCUT2D eigenvalue weighted by atomic mass is 9.92. The highest BCUT2D eigenvalue weighted by Gasteiger charge is 2.29. The zero-order chi connectivity index (χ0) is 21.4. The Morgan fingerprint density at radius 2 is 1.87 bits per heavy atom. The number of rotatable bonds is 4. The lowest BCUT2D eigenvalue weighted by Crippen LogP contribution is -2.21. The van der Waals surface area contributed by atoms with E-state index in [0.29, 0.717) is 35.6 Å². The third-order valence-electron chi connectivity index (χ3n) is 4.90. The van der Waals surface area contributed by atoms with E-state index in [9.17, 15) is 19.5 Å². The number of aromatic amines is 1. The van der Waals surface area contributed by atoms with Crippen molar-refractivity contribution in [2.75, 3.05) is 20.3 Å². The largest absolute Gasteiger partial charge is 0.502 e.